The van der Waals surface area contributed by atoms with Gasteiger partial charge in [0.2, 0.25) is 10.0 Å². The zero-order valence-corrected chi connectivity index (χ0v) is 15.3. The van der Waals surface area contributed by atoms with Gasteiger partial charge in [0.25, 0.3) is 5.91 Å². The minimum atomic E-state index is -3.66. The Bertz CT molecular complexity index is 973. The topological polar surface area (TPSA) is 103 Å². The Balaban J connectivity index is 1.64. The highest BCUT2D eigenvalue weighted by molar-refractivity contribution is 7.90. The number of rotatable bonds is 5. The molecule has 1 aliphatic carbocycles. The highest BCUT2D eigenvalue weighted by Crippen LogP contribution is 2.24. The van der Waals surface area contributed by atoms with Crippen molar-refractivity contribution in [1.29, 1.82) is 0 Å². The molecule has 0 atom stereocenters. The molecule has 1 fully saturated rings. The van der Waals surface area contributed by atoms with Gasteiger partial charge in [-0.05, 0) is 43.5 Å². The summed E-state index contributed by atoms with van der Waals surface area (Å²) in [5, 5.41) is 0.184. The van der Waals surface area contributed by atoms with Crippen molar-refractivity contribution in [3.05, 3.63) is 40.2 Å². The van der Waals surface area contributed by atoms with Crippen LogP contribution >= 0.6 is 0 Å². The van der Waals surface area contributed by atoms with E-state index in [1.54, 1.807) is 25.1 Å². The fourth-order valence-corrected chi connectivity index (χ4v) is 4.68. The first-order valence-corrected chi connectivity index (χ1v) is 10.1. The van der Waals surface area contributed by atoms with Crippen molar-refractivity contribution in [3.63, 3.8) is 0 Å². The summed E-state index contributed by atoms with van der Waals surface area (Å²) in [6.07, 6.45) is 3.92. The first kappa shape index (κ1) is 18.4. The highest BCUT2D eigenvalue weighted by Gasteiger charge is 2.28. The number of benzene rings is 1. The number of sulfonamides is 1. The second kappa shape index (κ2) is 7.49. The van der Waals surface area contributed by atoms with Crippen molar-refractivity contribution in [2.24, 2.45) is 0 Å². The molecule has 1 aromatic carbocycles. The van der Waals surface area contributed by atoms with Gasteiger partial charge in [0.1, 0.15) is 11.3 Å². The molecule has 7 nitrogen and oxygen atoms in total. The maximum Gasteiger partial charge on any atom is 0.336 e. The van der Waals surface area contributed by atoms with Crippen molar-refractivity contribution in [2.75, 3.05) is 6.61 Å². The van der Waals surface area contributed by atoms with Crippen LogP contribution in [0.25, 0.3) is 11.0 Å². The van der Waals surface area contributed by atoms with Crippen LogP contribution in [0.1, 0.15) is 37.7 Å². The molecular formula is C18H21NO6S. The van der Waals surface area contributed by atoms with Crippen LogP contribution in [0.5, 0.6) is 5.75 Å². The molecule has 1 amide bonds. The third-order valence-electron chi connectivity index (χ3n) is 4.54. The predicted molar refractivity (Wildman–Crippen MR) is 96.7 cm³/mol. The number of nitrogens with one attached hydrogen (secondary N) is 1. The van der Waals surface area contributed by atoms with Crippen molar-refractivity contribution in [3.8, 4) is 5.75 Å². The number of amides is 1. The molecule has 3 rings (SSSR count). The summed E-state index contributed by atoms with van der Waals surface area (Å²) < 4.78 is 37.0. The van der Waals surface area contributed by atoms with Crippen molar-refractivity contribution in [1.82, 2.24) is 4.72 Å². The highest BCUT2D eigenvalue weighted by atomic mass is 32.2. The normalized spacial score (nSPS) is 15.7. The maximum atomic E-state index is 12.2. The maximum absolute atomic E-state index is 12.2. The standard InChI is InChI=1S/C18H21NO6S/c1-12-9-18(21)25-16-8-7-13(10-15(12)16)24-11-17(20)19-26(22,23)14-5-3-2-4-6-14/h7-10,14H,2-6,11H2,1H3,(H,19,20). The summed E-state index contributed by atoms with van der Waals surface area (Å²) in [5.74, 6) is -0.313. The molecule has 1 aromatic heterocycles. The van der Waals surface area contributed by atoms with Crippen LogP contribution in [0.3, 0.4) is 0 Å². The van der Waals surface area contributed by atoms with Crippen LogP contribution < -0.4 is 15.1 Å². The summed E-state index contributed by atoms with van der Waals surface area (Å²) in [6, 6.07) is 6.16. The van der Waals surface area contributed by atoms with Crippen LogP contribution in [-0.4, -0.2) is 26.2 Å². The van der Waals surface area contributed by atoms with E-state index in [4.69, 9.17) is 9.15 Å². The van der Waals surface area contributed by atoms with Gasteiger partial charge < -0.3 is 9.15 Å². The summed E-state index contributed by atoms with van der Waals surface area (Å²) in [7, 11) is -3.66. The molecule has 0 saturated heterocycles. The monoisotopic (exact) mass is 379 g/mol. The fourth-order valence-electron chi connectivity index (χ4n) is 3.18. The lowest BCUT2D eigenvalue weighted by atomic mass is 10.0. The van der Waals surface area contributed by atoms with Gasteiger partial charge in [-0.1, -0.05) is 19.3 Å². The Kier molecular flexibility index (Phi) is 5.31. The molecule has 2 aromatic rings. The van der Waals surface area contributed by atoms with E-state index in [9.17, 15) is 18.0 Å². The molecule has 0 bridgehead atoms. The largest absolute Gasteiger partial charge is 0.484 e. The van der Waals surface area contributed by atoms with Gasteiger partial charge in [0, 0.05) is 11.5 Å². The molecule has 1 saturated carbocycles. The van der Waals surface area contributed by atoms with Crippen molar-refractivity contribution < 1.29 is 22.4 Å². The summed E-state index contributed by atoms with van der Waals surface area (Å²) in [6.45, 7) is 1.36. The Morgan fingerprint density at radius 2 is 1.96 bits per heavy atom. The van der Waals surface area contributed by atoms with Gasteiger partial charge in [-0.2, -0.15) is 0 Å². The number of hydrogen-bond donors (Lipinski definition) is 1. The number of fused-ring (bicyclic) bond motifs is 1. The van der Waals surface area contributed by atoms with Crippen molar-refractivity contribution >= 4 is 26.9 Å². The number of ether oxygens (including phenoxy) is 1. The Hall–Kier alpha value is -2.35. The zero-order valence-electron chi connectivity index (χ0n) is 14.5. The lowest BCUT2D eigenvalue weighted by molar-refractivity contribution is -0.121. The third kappa shape index (κ3) is 4.24. The SMILES string of the molecule is Cc1cc(=O)oc2ccc(OCC(=O)NS(=O)(=O)C3CCCCC3)cc12. The van der Waals surface area contributed by atoms with Gasteiger partial charge >= 0.3 is 5.63 Å². The van der Waals surface area contributed by atoms with E-state index in [-0.39, 0.29) is 0 Å². The Labute approximate surface area is 151 Å². The molecule has 0 spiro atoms. The minimum Gasteiger partial charge on any atom is -0.484 e. The van der Waals surface area contributed by atoms with Gasteiger partial charge in [0.05, 0.1) is 5.25 Å². The second-order valence-electron chi connectivity index (χ2n) is 6.53. The molecule has 0 radical (unpaired) electrons. The molecule has 8 heteroatoms. The van der Waals surface area contributed by atoms with E-state index in [0.29, 0.717) is 29.6 Å². The average molecular weight is 379 g/mol. The first-order valence-electron chi connectivity index (χ1n) is 8.57. The number of aryl methyl sites for hydroxylation is 1. The van der Waals surface area contributed by atoms with Crippen LogP contribution in [0, 0.1) is 6.92 Å². The molecule has 1 heterocycles. The summed E-state index contributed by atoms with van der Waals surface area (Å²) in [4.78, 5) is 23.3. The minimum absolute atomic E-state index is 0.389. The average Bonchev–Trinajstić information content (AvgIpc) is 2.60. The summed E-state index contributed by atoms with van der Waals surface area (Å²) >= 11 is 0. The zero-order chi connectivity index (χ0) is 18.7. The molecule has 26 heavy (non-hydrogen) atoms. The quantitative estimate of drug-likeness (QED) is 0.800. The number of carbonyl (C=O) groups is 1. The van der Waals surface area contributed by atoms with Crippen LogP contribution in [0.15, 0.2) is 33.5 Å². The first-order chi connectivity index (χ1) is 12.3. The van der Waals surface area contributed by atoms with E-state index in [2.05, 4.69) is 4.72 Å². The Morgan fingerprint density at radius 3 is 2.69 bits per heavy atom. The molecule has 140 valence electrons. The molecule has 1 N–H and O–H groups in total. The van der Waals surface area contributed by atoms with Gasteiger partial charge in [0.15, 0.2) is 6.61 Å². The predicted octanol–water partition coefficient (Wildman–Crippen LogP) is 2.26. The van der Waals surface area contributed by atoms with Crippen LogP contribution in [0.2, 0.25) is 0 Å². The smallest absolute Gasteiger partial charge is 0.336 e. The second-order valence-corrected chi connectivity index (χ2v) is 8.49. The van der Waals surface area contributed by atoms with Crippen molar-refractivity contribution in [2.45, 2.75) is 44.3 Å². The van der Waals surface area contributed by atoms with E-state index in [0.717, 1.165) is 24.8 Å². The lowest BCUT2D eigenvalue weighted by Gasteiger charge is -2.21. The van der Waals surface area contributed by atoms with E-state index < -0.39 is 33.4 Å². The molecular weight excluding hydrogens is 358 g/mol. The molecule has 1 aliphatic rings. The number of carbonyl (C=O) groups excluding carboxylic acids is 1. The Morgan fingerprint density at radius 1 is 1.23 bits per heavy atom. The van der Waals surface area contributed by atoms with Gasteiger partial charge in [-0.3, -0.25) is 4.79 Å². The van der Waals surface area contributed by atoms with E-state index >= 15 is 0 Å². The van der Waals surface area contributed by atoms with E-state index in [1.807, 2.05) is 0 Å². The van der Waals surface area contributed by atoms with Gasteiger partial charge in [-0.15, -0.1) is 0 Å². The molecule has 0 unspecified atom stereocenters. The third-order valence-corrected chi connectivity index (χ3v) is 6.40. The van der Waals surface area contributed by atoms with Crippen LogP contribution in [0.4, 0.5) is 0 Å². The lowest BCUT2D eigenvalue weighted by Crippen LogP contribution is -2.41. The number of hydrogen-bond acceptors (Lipinski definition) is 6. The van der Waals surface area contributed by atoms with Crippen LogP contribution in [-0.2, 0) is 14.8 Å². The fraction of sp³-hybridized carbons (Fsp3) is 0.444. The van der Waals surface area contributed by atoms with Gasteiger partial charge in [-0.25, -0.2) is 17.9 Å². The van der Waals surface area contributed by atoms with E-state index in [1.165, 1.54) is 6.07 Å². The summed E-state index contributed by atoms with van der Waals surface area (Å²) in [5.41, 5.74) is 0.716. The molecule has 0 aliphatic heterocycles.